The van der Waals surface area contributed by atoms with Crippen molar-refractivity contribution in [2.45, 2.75) is 19.6 Å². The van der Waals surface area contributed by atoms with Gasteiger partial charge in [-0.05, 0) is 25.1 Å². The number of hydrogen-bond donors (Lipinski definition) is 1. The molecule has 0 aliphatic rings. The van der Waals surface area contributed by atoms with Gasteiger partial charge in [0.1, 0.15) is 29.9 Å². The van der Waals surface area contributed by atoms with Crippen molar-refractivity contribution in [2.24, 2.45) is 0 Å². The van der Waals surface area contributed by atoms with Gasteiger partial charge < -0.3 is 9.84 Å². The molecule has 0 unspecified atom stereocenters. The van der Waals surface area contributed by atoms with Crippen molar-refractivity contribution in [1.29, 1.82) is 5.26 Å². The van der Waals surface area contributed by atoms with Crippen LogP contribution in [0.25, 0.3) is 0 Å². The highest BCUT2D eigenvalue weighted by Gasteiger charge is 2.11. The first-order valence-corrected chi connectivity index (χ1v) is 6.06. The minimum Gasteiger partial charge on any atom is -0.488 e. The van der Waals surface area contributed by atoms with Gasteiger partial charge in [-0.25, -0.2) is 9.37 Å². The molecule has 0 spiro atoms. The van der Waals surface area contributed by atoms with Crippen LogP contribution in [0.4, 0.5) is 4.39 Å². The molecule has 0 radical (unpaired) electrons. The molecule has 1 aromatic carbocycles. The summed E-state index contributed by atoms with van der Waals surface area (Å²) in [5, 5.41) is 18.6. The van der Waals surface area contributed by atoms with E-state index in [0.29, 0.717) is 11.1 Å². The predicted molar refractivity (Wildman–Crippen MR) is 70.3 cm³/mol. The molecule has 0 aliphatic heterocycles. The van der Waals surface area contributed by atoms with Gasteiger partial charge in [0.2, 0.25) is 0 Å². The summed E-state index contributed by atoms with van der Waals surface area (Å²) in [5.74, 6) is -0.191. The van der Waals surface area contributed by atoms with Crippen molar-refractivity contribution >= 4 is 0 Å². The zero-order chi connectivity index (χ0) is 14.5. The van der Waals surface area contributed by atoms with Crippen LogP contribution < -0.4 is 4.74 Å². The van der Waals surface area contributed by atoms with E-state index < -0.39 is 11.9 Å². The predicted octanol–water partition coefficient (Wildman–Crippen LogP) is 2.72. The number of aliphatic hydroxyl groups is 1. The first-order chi connectivity index (χ1) is 9.61. The Kier molecular flexibility index (Phi) is 4.28. The molecule has 102 valence electrons. The van der Waals surface area contributed by atoms with Gasteiger partial charge in [-0.15, -0.1) is 0 Å². The fourth-order valence-electron chi connectivity index (χ4n) is 1.79. The lowest BCUT2D eigenvalue weighted by Crippen LogP contribution is -2.03. The molecule has 0 aliphatic carbocycles. The van der Waals surface area contributed by atoms with E-state index in [1.54, 1.807) is 19.1 Å². The number of nitriles is 1. The number of benzene rings is 1. The summed E-state index contributed by atoms with van der Waals surface area (Å²) in [6.07, 6.45) is 0.751. The minimum absolute atomic E-state index is 0.0832. The van der Waals surface area contributed by atoms with Crippen LogP contribution in [0.3, 0.4) is 0 Å². The Morgan fingerprint density at radius 3 is 2.95 bits per heavy atom. The number of aliphatic hydroxyl groups excluding tert-OH is 1. The smallest absolute Gasteiger partial charge is 0.147 e. The quantitative estimate of drug-likeness (QED) is 0.929. The molecule has 1 aromatic heterocycles. The molecular weight excluding hydrogens is 259 g/mol. The summed E-state index contributed by atoms with van der Waals surface area (Å²) in [6, 6.07) is 9.33. The molecule has 0 bridgehead atoms. The molecule has 0 amide bonds. The molecule has 0 saturated carbocycles. The van der Waals surface area contributed by atoms with E-state index >= 15 is 0 Å². The Bertz CT molecular complexity index is 651. The second-order valence-electron chi connectivity index (χ2n) is 4.27. The van der Waals surface area contributed by atoms with Gasteiger partial charge in [0.25, 0.3) is 0 Å². The van der Waals surface area contributed by atoms with Gasteiger partial charge in [0.05, 0.1) is 6.10 Å². The summed E-state index contributed by atoms with van der Waals surface area (Å²) >= 11 is 0. The zero-order valence-electron chi connectivity index (χ0n) is 10.9. The van der Waals surface area contributed by atoms with Crippen LogP contribution in [0.15, 0.2) is 36.5 Å². The maximum atomic E-state index is 13.3. The number of hydrogen-bond acceptors (Lipinski definition) is 4. The molecular formula is C15H13FN2O2. The van der Waals surface area contributed by atoms with E-state index in [1.165, 1.54) is 24.4 Å². The fraction of sp³-hybridized carbons (Fsp3) is 0.200. The highest BCUT2D eigenvalue weighted by molar-refractivity contribution is 5.36. The second-order valence-corrected chi connectivity index (χ2v) is 4.27. The molecule has 4 nitrogen and oxygen atoms in total. The number of pyridine rings is 1. The summed E-state index contributed by atoms with van der Waals surface area (Å²) in [5.41, 5.74) is 1.37. The lowest BCUT2D eigenvalue weighted by Gasteiger charge is -2.13. The Hall–Kier alpha value is -2.45. The topological polar surface area (TPSA) is 66.1 Å². The van der Waals surface area contributed by atoms with Crippen LogP contribution in [0, 0.1) is 17.1 Å². The molecule has 1 N–H and O–H groups in total. The highest BCUT2D eigenvalue weighted by Crippen LogP contribution is 2.26. The Morgan fingerprint density at radius 1 is 1.45 bits per heavy atom. The third kappa shape index (κ3) is 3.11. The number of ether oxygens (including phenoxy) is 1. The van der Waals surface area contributed by atoms with E-state index in [2.05, 4.69) is 4.98 Å². The summed E-state index contributed by atoms with van der Waals surface area (Å²) in [7, 11) is 0. The molecule has 1 heterocycles. The lowest BCUT2D eigenvalue weighted by atomic mass is 10.1. The van der Waals surface area contributed by atoms with Crippen molar-refractivity contribution in [1.82, 2.24) is 4.98 Å². The summed E-state index contributed by atoms with van der Waals surface area (Å²) in [6.45, 7) is 1.66. The Balaban J connectivity index is 2.23. The van der Waals surface area contributed by atoms with Crippen LogP contribution in [-0.2, 0) is 6.61 Å². The Morgan fingerprint density at radius 2 is 2.25 bits per heavy atom. The molecule has 2 aromatic rings. The van der Waals surface area contributed by atoms with E-state index in [9.17, 15) is 9.50 Å². The average molecular weight is 272 g/mol. The molecule has 20 heavy (non-hydrogen) atoms. The van der Waals surface area contributed by atoms with Crippen molar-refractivity contribution in [2.75, 3.05) is 0 Å². The largest absolute Gasteiger partial charge is 0.488 e. The van der Waals surface area contributed by atoms with Gasteiger partial charge >= 0.3 is 0 Å². The fourth-order valence-corrected chi connectivity index (χ4v) is 1.79. The summed E-state index contributed by atoms with van der Waals surface area (Å²) < 4.78 is 18.8. The van der Waals surface area contributed by atoms with Crippen LogP contribution in [0.1, 0.15) is 29.8 Å². The molecule has 0 saturated heterocycles. The first-order valence-electron chi connectivity index (χ1n) is 6.06. The Labute approximate surface area is 116 Å². The van der Waals surface area contributed by atoms with Crippen LogP contribution in [-0.4, -0.2) is 10.1 Å². The first kappa shape index (κ1) is 14.0. The van der Waals surface area contributed by atoms with Crippen molar-refractivity contribution in [3.05, 3.63) is 59.2 Å². The highest BCUT2D eigenvalue weighted by atomic mass is 19.1. The van der Waals surface area contributed by atoms with Crippen LogP contribution in [0.5, 0.6) is 5.75 Å². The van der Waals surface area contributed by atoms with Crippen molar-refractivity contribution in [3.8, 4) is 11.8 Å². The molecule has 1 atom stereocenters. The van der Waals surface area contributed by atoms with E-state index in [-0.39, 0.29) is 18.1 Å². The average Bonchev–Trinajstić information content (AvgIpc) is 2.45. The third-order valence-electron chi connectivity index (χ3n) is 2.81. The number of halogens is 1. The molecule has 0 fully saturated rings. The maximum absolute atomic E-state index is 13.3. The van der Waals surface area contributed by atoms with E-state index in [1.807, 2.05) is 6.07 Å². The standard InChI is InChI=1S/C15H13FN2O2/c1-10(19)13-5-4-12(16)7-15(13)20-9-11-3-2-6-18-14(11)8-17/h2-7,10,19H,9H2,1H3/t10-/m1/s1. The van der Waals surface area contributed by atoms with Crippen LogP contribution >= 0.6 is 0 Å². The minimum atomic E-state index is -0.769. The zero-order valence-corrected chi connectivity index (χ0v) is 10.9. The van der Waals surface area contributed by atoms with Gasteiger partial charge in [0.15, 0.2) is 0 Å². The van der Waals surface area contributed by atoms with Gasteiger partial charge in [0, 0.05) is 23.4 Å². The normalized spacial score (nSPS) is 11.7. The van der Waals surface area contributed by atoms with Gasteiger partial charge in [-0.2, -0.15) is 5.26 Å². The van der Waals surface area contributed by atoms with Gasteiger partial charge in [-0.3, -0.25) is 0 Å². The second kappa shape index (κ2) is 6.13. The monoisotopic (exact) mass is 272 g/mol. The SMILES string of the molecule is C[C@@H](O)c1ccc(F)cc1OCc1cccnc1C#N. The summed E-state index contributed by atoms with van der Waals surface area (Å²) in [4.78, 5) is 3.92. The van der Waals surface area contributed by atoms with Gasteiger partial charge in [-0.1, -0.05) is 6.07 Å². The van der Waals surface area contributed by atoms with Crippen LogP contribution in [0.2, 0.25) is 0 Å². The molecule has 2 rings (SSSR count). The van der Waals surface area contributed by atoms with E-state index in [0.717, 1.165) is 0 Å². The number of nitrogens with zero attached hydrogens (tertiary/aromatic N) is 2. The maximum Gasteiger partial charge on any atom is 0.147 e. The number of rotatable bonds is 4. The van der Waals surface area contributed by atoms with E-state index in [4.69, 9.17) is 10.00 Å². The van der Waals surface area contributed by atoms with Crippen molar-refractivity contribution < 1.29 is 14.2 Å². The third-order valence-corrected chi connectivity index (χ3v) is 2.81. The van der Waals surface area contributed by atoms with Crippen molar-refractivity contribution in [3.63, 3.8) is 0 Å². The molecule has 5 heteroatoms. The number of aromatic nitrogens is 1. The lowest BCUT2D eigenvalue weighted by molar-refractivity contribution is 0.189.